The summed E-state index contributed by atoms with van der Waals surface area (Å²) in [6.07, 6.45) is 1.41. The van der Waals surface area contributed by atoms with Gasteiger partial charge in [0.2, 0.25) is 10.0 Å². The van der Waals surface area contributed by atoms with Crippen LogP contribution in [0.25, 0.3) is 10.8 Å². The molecular weight excluding hydrogens is 358 g/mol. The lowest BCUT2D eigenvalue weighted by Gasteiger charge is -2.25. The van der Waals surface area contributed by atoms with E-state index in [0.717, 1.165) is 22.9 Å². The van der Waals surface area contributed by atoms with Crippen LogP contribution in [0, 0.1) is 0 Å². The molecule has 1 N–H and O–H groups in total. The summed E-state index contributed by atoms with van der Waals surface area (Å²) in [5.74, 6) is 1.42. The van der Waals surface area contributed by atoms with Gasteiger partial charge in [-0.2, -0.15) is 0 Å². The lowest BCUT2D eigenvalue weighted by atomic mass is 10.1. The molecule has 0 amide bonds. The van der Waals surface area contributed by atoms with Crippen LogP contribution in [0.5, 0.6) is 11.5 Å². The Kier molecular flexibility index (Phi) is 5.42. The molecule has 0 aliphatic rings. The highest BCUT2D eigenvalue weighted by Crippen LogP contribution is 2.31. The van der Waals surface area contributed by atoms with Crippen molar-refractivity contribution in [2.24, 2.45) is 0 Å². The Balaban J connectivity index is 1.78. The molecule has 0 spiro atoms. The standard InChI is InChI=1S/C22H25NO3S/c1-4-16-22(2,3)27(24,25)23-18-12-14-19(15-13-18)26-21-11-7-9-17-8-5-6-10-20(17)21/h5-15,23H,4,16H2,1-3H3. The average molecular weight is 384 g/mol. The summed E-state index contributed by atoms with van der Waals surface area (Å²) in [5.41, 5.74) is 0.532. The SMILES string of the molecule is CCCC(C)(C)S(=O)(=O)Nc1ccc(Oc2cccc3ccccc23)cc1. The van der Waals surface area contributed by atoms with Gasteiger partial charge in [-0.25, -0.2) is 8.42 Å². The van der Waals surface area contributed by atoms with Crippen molar-refractivity contribution in [1.82, 2.24) is 0 Å². The molecule has 142 valence electrons. The number of hydrogen-bond donors (Lipinski definition) is 1. The van der Waals surface area contributed by atoms with E-state index in [4.69, 9.17) is 4.74 Å². The van der Waals surface area contributed by atoms with Crippen LogP contribution in [0.4, 0.5) is 5.69 Å². The molecule has 0 heterocycles. The number of anilines is 1. The number of sulfonamides is 1. The molecule has 4 nitrogen and oxygen atoms in total. The zero-order chi connectivity index (χ0) is 19.5. The first kappa shape index (κ1) is 19.2. The molecule has 5 heteroatoms. The van der Waals surface area contributed by atoms with Crippen LogP contribution in [-0.2, 0) is 10.0 Å². The van der Waals surface area contributed by atoms with Crippen molar-refractivity contribution in [2.75, 3.05) is 4.72 Å². The second-order valence-electron chi connectivity index (χ2n) is 7.22. The van der Waals surface area contributed by atoms with E-state index in [1.165, 1.54) is 0 Å². The third kappa shape index (κ3) is 4.25. The Morgan fingerprint density at radius 3 is 2.30 bits per heavy atom. The summed E-state index contributed by atoms with van der Waals surface area (Å²) in [5, 5.41) is 2.14. The van der Waals surface area contributed by atoms with Crippen LogP contribution in [0.2, 0.25) is 0 Å². The predicted octanol–water partition coefficient (Wildman–Crippen LogP) is 5.95. The topological polar surface area (TPSA) is 55.4 Å². The van der Waals surface area contributed by atoms with E-state index in [0.29, 0.717) is 17.9 Å². The van der Waals surface area contributed by atoms with Crippen molar-refractivity contribution in [3.8, 4) is 11.5 Å². The van der Waals surface area contributed by atoms with Crippen LogP contribution in [0.15, 0.2) is 66.7 Å². The smallest absolute Gasteiger partial charge is 0.237 e. The fourth-order valence-corrected chi connectivity index (χ4v) is 4.23. The fourth-order valence-electron chi connectivity index (χ4n) is 3.03. The molecule has 27 heavy (non-hydrogen) atoms. The van der Waals surface area contributed by atoms with Crippen molar-refractivity contribution in [3.05, 3.63) is 66.7 Å². The first-order valence-corrected chi connectivity index (χ1v) is 10.6. The van der Waals surface area contributed by atoms with Crippen LogP contribution < -0.4 is 9.46 Å². The van der Waals surface area contributed by atoms with E-state index >= 15 is 0 Å². The van der Waals surface area contributed by atoms with Gasteiger partial charge in [0.05, 0.1) is 4.75 Å². The number of ether oxygens (including phenoxy) is 1. The number of rotatable bonds is 7. The monoisotopic (exact) mass is 383 g/mol. The normalized spacial score (nSPS) is 12.1. The Labute approximate surface area is 161 Å². The Bertz CT molecular complexity index is 1020. The highest BCUT2D eigenvalue weighted by molar-refractivity contribution is 7.94. The summed E-state index contributed by atoms with van der Waals surface area (Å²) in [4.78, 5) is 0. The maximum Gasteiger partial charge on any atom is 0.237 e. The average Bonchev–Trinajstić information content (AvgIpc) is 2.63. The van der Waals surface area contributed by atoms with Crippen molar-refractivity contribution in [1.29, 1.82) is 0 Å². The fraction of sp³-hybridized carbons (Fsp3) is 0.273. The highest BCUT2D eigenvalue weighted by atomic mass is 32.2. The lowest BCUT2D eigenvalue weighted by molar-refractivity contribution is 0.488. The quantitative estimate of drug-likeness (QED) is 0.548. The summed E-state index contributed by atoms with van der Waals surface area (Å²) in [7, 11) is -3.47. The molecule has 3 aromatic rings. The number of fused-ring (bicyclic) bond motifs is 1. The van der Waals surface area contributed by atoms with Gasteiger partial charge >= 0.3 is 0 Å². The lowest BCUT2D eigenvalue weighted by Crippen LogP contribution is -2.36. The minimum Gasteiger partial charge on any atom is -0.457 e. The third-order valence-corrected chi connectivity index (χ3v) is 6.83. The van der Waals surface area contributed by atoms with Crippen LogP contribution >= 0.6 is 0 Å². The third-order valence-electron chi connectivity index (χ3n) is 4.66. The molecule has 3 aromatic carbocycles. The molecule has 0 bridgehead atoms. The Morgan fingerprint density at radius 1 is 0.926 bits per heavy atom. The molecule has 0 unspecified atom stereocenters. The zero-order valence-electron chi connectivity index (χ0n) is 15.9. The maximum atomic E-state index is 12.6. The van der Waals surface area contributed by atoms with Crippen molar-refractivity contribution >= 4 is 26.5 Å². The van der Waals surface area contributed by atoms with Gasteiger partial charge in [0, 0.05) is 11.1 Å². The van der Waals surface area contributed by atoms with Gasteiger partial charge < -0.3 is 4.74 Å². The van der Waals surface area contributed by atoms with Gasteiger partial charge in [0.25, 0.3) is 0 Å². The molecule has 3 rings (SSSR count). The summed E-state index contributed by atoms with van der Waals surface area (Å²) in [6.45, 7) is 5.48. The molecule has 0 atom stereocenters. The first-order valence-electron chi connectivity index (χ1n) is 9.10. The summed E-state index contributed by atoms with van der Waals surface area (Å²) >= 11 is 0. The number of benzene rings is 3. The van der Waals surface area contributed by atoms with Crippen molar-refractivity contribution in [2.45, 2.75) is 38.4 Å². The molecule has 0 aliphatic heterocycles. The van der Waals surface area contributed by atoms with Gasteiger partial charge in [-0.1, -0.05) is 49.7 Å². The molecule has 0 saturated carbocycles. The van der Waals surface area contributed by atoms with Gasteiger partial charge in [0.15, 0.2) is 0 Å². The van der Waals surface area contributed by atoms with E-state index in [-0.39, 0.29) is 0 Å². The Morgan fingerprint density at radius 2 is 1.59 bits per heavy atom. The number of hydrogen-bond acceptors (Lipinski definition) is 3. The van der Waals surface area contributed by atoms with Crippen LogP contribution in [0.3, 0.4) is 0 Å². The van der Waals surface area contributed by atoms with Gasteiger partial charge in [0.1, 0.15) is 11.5 Å². The van der Waals surface area contributed by atoms with Gasteiger partial charge in [-0.15, -0.1) is 0 Å². The largest absolute Gasteiger partial charge is 0.457 e. The summed E-state index contributed by atoms with van der Waals surface area (Å²) < 4.78 is 33.0. The zero-order valence-corrected chi connectivity index (χ0v) is 16.7. The second-order valence-corrected chi connectivity index (χ2v) is 9.54. The van der Waals surface area contributed by atoms with Crippen LogP contribution in [-0.4, -0.2) is 13.2 Å². The van der Waals surface area contributed by atoms with E-state index in [1.807, 2.05) is 49.4 Å². The van der Waals surface area contributed by atoms with Gasteiger partial charge in [-0.05, 0) is 56.0 Å². The van der Waals surface area contributed by atoms with E-state index in [1.54, 1.807) is 38.1 Å². The Hall–Kier alpha value is -2.53. The minimum absolute atomic E-state index is 0.532. The molecule has 0 aromatic heterocycles. The van der Waals surface area contributed by atoms with E-state index in [9.17, 15) is 8.42 Å². The van der Waals surface area contributed by atoms with E-state index in [2.05, 4.69) is 4.72 Å². The van der Waals surface area contributed by atoms with Gasteiger partial charge in [-0.3, -0.25) is 4.72 Å². The predicted molar refractivity (Wildman–Crippen MR) is 112 cm³/mol. The van der Waals surface area contributed by atoms with E-state index < -0.39 is 14.8 Å². The highest BCUT2D eigenvalue weighted by Gasteiger charge is 2.33. The minimum atomic E-state index is -3.47. The van der Waals surface area contributed by atoms with Crippen LogP contribution in [0.1, 0.15) is 33.6 Å². The molecule has 0 aliphatic carbocycles. The molecular formula is C22H25NO3S. The van der Waals surface area contributed by atoms with Crippen molar-refractivity contribution in [3.63, 3.8) is 0 Å². The second kappa shape index (κ2) is 7.61. The van der Waals surface area contributed by atoms with Crippen molar-refractivity contribution < 1.29 is 13.2 Å². The number of nitrogens with one attached hydrogen (secondary N) is 1. The molecule has 0 radical (unpaired) electrons. The first-order chi connectivity index (χ1) is 12.8. The molecule has 0 saturated heterocycles. The molecule has 0 fully saturated rings. The maximum absolute atomic E-state index is 12.6. The summed E-state index contributed by atoms with van der Waals surface area (Å²) in [6, 6.07) is 20.9.